The first-order valence-corrected chi connectivity index (χ1v) is 7.12. The van der Waals surface area contributed by atoms with Crippen molar-refractivity contribution in [2.75, 3.05) is 20.1 Å². The molecule has 0 aliphatic carbocycles. The highest BCUT2D eigenvalue weighted by Gasteiger charge is 2.22. The van der Waals surface area contributed by atoms with Gasteiger partial charge in [-0.15, -0.1) is 0 Å². The van der Waals surface area contributed by atoms with Gasteiger partial charge in [0.25, 0.3) is 0 Å². The van der Waals surface area contributed by atoms with E-state index in [-0.39, 0.29) is 6.03 Å². The van der Waals surface area contributed by atoms with E-state index in [9.17, 15) is 4.79 Å². The van der Waals surface area contributed by atoms with Gasteiger partial charge >= 0.3 is 6.03 Å². The normalized spacial score (nSPS) is 16.5. The molecule has 0 atom stereocenters. The Balaban J connectivity index is 1.92. The topological polar surface area (TPSA) is 23.6 Å². The van der Waals surface area contributed by atoms with Gasteiger partial charge in [0, 0.05) is 26.7 Å². The Labute approximate surface area is 116 Å². The van der Waals surface area contributed by atoms with E-state index in [1.165, 1.54) is 11.1 Å². The summed E-state index contributed by atoms with van der Waals surface area (Å²) in [5.74, 6) is 0.756. The van der Waals surface area contributed by atoms with Crippen molar-refractivity contribution in [3.8, 4) is 0 Å². The monoisotopic (exact) mass is 260 g/mol. The summed E-state index contributed by atoms with van der Waals surface area (Å²) in [6.45, 7) is 6.83. The Kier molecular flexibility index (Phi) is 4.46. The van der Waals surface area contributed by atoms with E-state index in [2.05, 4.69) is 32.0 Å². The highest BCUT2D eigenvalue weighted by atomic mass is 16.2. The number of piperidine rings is 1. The van der Waals surface area contributed by atoms with Gasteiger partial charge < -0.3 is 9.80 Å². The predicted molar refractivity (Wildman–Crippen MR) is 78.0 cm³/mol. The van der Waals surface area contributed by atoms with E-state index < -0.39 is 0 Å². The molecule has 1 aliphatic rings. The van der Waals surface area contributed by atoms with Crippen LogP contribution in [0.1, 0.15) is 30.9 Å². The zero-order chi connectivity index (χ0) is 13.8. The molecule has 3 heteroatoms. The van der Waals surface area contributed by atoms with E-state index in [4.69, 9.17) is 0 Å². The number of aryl methyl sites for hydroxylation is 1. The minimum atomic E-state index is 0.161. The summed E-state index contributed by atoms with van der Waals surface area (Å²) in [5, 5.41) is 0. The first kappa shape index (κ1) is 13.9. The average molecular weight is 260 g/mol. The number of nitrogens with zero attached hydrogens (tertiary/aromatic N) is 2. The molecule has 2 rings (SSSR count). The quantitative estimate of drug-likeness (QED) is 0.800. The molecule has 1 aromatic carbocycles. The van der Waals surface area contributed by atoms with Crippen LogP contribution in [-0.4, -0.2) is 36.0 Å². The highest BCUT2D eigenvalue weighted by Crippen LogP contribution is 2.17. The number of carbonyl (C=O) groups excluding carboxylic acids is 1. The number of likely N-dealkylation sites (tertiary alicyclic amines) is 1. The van der Waals surface area contributed by atoms with Gasteiger partial charge in [-0.05, 0) is 31.2 Å². The number of benzene rings is 1. The third kappa shape index (κ3) is 3.72. The molecule has 0 radical (unpaired) electrons. The minimum Gasteiger partial charge on any atom is -0.325 e. The van der Waals surface area contributed by atoms with Crippen LogP contribution in [-0.2, 0) is 6.54 Å². The molecule has 1 saturated heterocycles. The molecule has 0 spiro atoms. The lowest BCUT2D eigenvalue weighted by Crippen LogP contribution is -2.44. The van der Waals surface area contributed by atoms with Crippen LogP contribution in [0, 0.1) is 12.8 Å². The molecule has 1 fully saturated rings. The van der Waals surface area contributed by atoms with Gasteiger partial charge in [-0.3, -0.25) is 0 Å². The second-order valence-corrected chi connectivity index (χ2v) is 5.80. The zero-order valence-corrected chi connectivity index (χ0v) is 12.2. The summed E-state index contributed by atoms with van der Waals surface area (Å²) in [5.41, 5.74) is 2.44. The fourth-order valence-corrected chi connectivity index (χ4v) is 2.59. The van der Waals surface area contributed by atoms with Crippen molar-refractivity contribution in [1.82, 2.24) is 9.80 Å². The fraction of sp³-hybridized carbons (Fsp3) is 0.562. The van der Waals surface area contributed by atoms with Crippen molar-refractivity contribution >= 4 is 6.03 Å². The van der Waals surface area contributed by atoms with Crippen LogP contribution in [0.5, 0.6) is 0 Å². The number of rotatable bonds is 2. The van der Waals surface area contributed by atoms with Crippen LogP contribution >= 0.6 is 0 Å². The van der Waals surface area contributed by atoms with Gasteiger partial charge in [-0.2, -0.15) is 0 Å². The smallest absolute Gasteiger partial charge is 0.320 e. The number of carbonyl (C=O) groups is 1. The summed E-state index contributed by atoms with van der Waals surface area (Å²) in [4.78, 5) is 16.2. The van der Waals surface area contributed by atoms with Crippen LogP contribution in [0.15, 0.2) is 24.3 Å². The van der Waals surface area contributed by atoms with E-state index in [0.29, 0.717) is 6.54 Å². The molecular formula is C16H24N2O. The molecule has 0 N–H and O–H groups in total. The lowest BCUT2D eigenvalue weighted by atomic mass is 9.99. The maximum Gasteiger partial charge on any atom is 0.320 e. The van der Waals surface area contributed by atoms with Gasteiger partial charge in [0.2, 0.25) is 0 Å². The minimum absolute atomic E-state index is 0.161. The maximum atomic E-state index is 12.3. The molecule has 2 amide bonds. The SMILES string of the molecule is Cc1cccc(CN(C)C(=O)N2CCC(C)CC2)c1. The van der Waals surface area contributed by atoms with Crippen LogP contribution in [0.25, 0.3) is 0 Å². The zero-order valence-electron chi connectivity index (χ0n) is 12.2. The molecule has 0 saturated carbocycles. The third-order valence-corrected chi connectivity index (χ3v) is 3.88. The number of hydrogen-bond donors (Lipinski definition) is 0. The van der Waals surface area contributed by atoms with Crippen molar-refractivity contribution in [2.24, 2.45) is 5.92 Å². The van der Waals surface area contributed by atoms with E-state index in [0.717, 1.165) is 31.8 Å². The molecule has 3 nitrogen and oxygen atoms in total. The second-order valence-electron chi connectivity index (χ2n) is 5.80. The first-order chi connectivity index (χ1) is 9.06. The van der Waals surface area contributed by atoms with Crippen molar-refractivity contribution in [2.45, 2.75) is 33.2 Å². The van der Waals surface area contributed by atoms with Crippen molar-refractivity contribution in [3.05, 3.63) is 35.4 Å². The molecule has 19 heavy (non-hydrogen) atoms. The summed E-state index contributed by atoms with van der Waals surface area (Å²) in [7, 11) is 1.89. The molecular weight excluding hydrogens is 236 g/mol. The van der Waals surface area contributed by atoms with Crippen LogP contribution < -0.4 is 0 Å². The van der Waals surface area contributed by atoms with Gasteiger partial charge in [0.05, 0.1) is 0 Å². The summed E-state index contributed by atoms with van der Waals surface area (Å²) in [6.07, 6.45) is 2.26. The van der Waals surface area contributed by atoms with E-state index >= 15 is 0 Å². The molecule has 1 aliphatic heterocycles. The molecule has 1 heterocycles. The van der Waals surface area contributed by atoms with Crippen molar-refractivity contribution in [1.29, 1.82) is 0 Å². The van der Waals surface area contributed by atoms with Crippen LogP contribution in [0.4, 0.5) is 4.79 Å². The lowest BCUT2D eigenvalue weighted by Gasteiger charge is -2.33. The largest absolute Gasteiger partial charge is 0.325 e. The Morgan fingerprint density at radius 2 is 2.05 bits per heavy atom. The molecule has 104 valence electrons. The van der Waals surface area contributed by atoms with Gasteiger partial charge in [-0.25, -0.2) is 4.79 Å². The average Bonchev–Trinajstić information content (AvgIpc) is 2.39. The number of amides is 2. The van der Waals surface area contributed by atoms with Crippen LogP contribution in [0.3, 0.4) is 0 Å². The van der Waals surface area contributed by atoms with Crippen LogP contribution in [0.2, 0.25) is 0 Å². The molecule has 0 aromatic heterocycles. The lowest BCUT2D eigenvalue weighted by molar-refractivity contribution is 0.141. The Morgan fingerprint density at radius 3 is 2.68 bits per heavy atom. The Morgan fingerprint density at radius 1 is 1.37 bits per heavy atom. The Bertz CT molecular complexity index is 436. The third-order valence-electron chi connectivity index (χ3n) is 3.88. The summed E-state index contributed by atoms with van der Waals surface area (Å²) >= 11 is 0. The Hall–Kier alpha value is -1.51. The standard InChI is InChI=1S/C16H24N2O/c1-13-7-9-18(10-8-13)16(19)17(3)12-15-6-4-5-14(2)11-15/h4-6,11,13H,7-10,12H2,1-3H3. The number of urea groups is 1. The van der Waals surface area contributed by atoms with E-state index in [1.54, 1.807) is 0 Å². The van der Waals surface area contributed by atoms with Gasteiger partial charge in [-0.1, -0.05) is 36.8 Å². The first-order valence-electron chi connectivity index (χ1n) is 7.12. The summed E-state index contributed by atoms with van der Waals surface area (Å²) in [6, 6.07) is 8.51. The molecule has 0 bridgehead atoms. The maximum absolute atomic E-state index is 12.3. The number of hydrogen-bond acceptors (Lipinski definition) is 1. The van der Waals surface area contributed by atoms with Gasteiger partial charge in [0.15, 0.2) is 0 Å². The summed E-state index contributed by atoms with van der Waals surface area (Å²) < 4.78 is 0. The molecule has 0 unspecified atom stereocenters. The van der Waals surface area contributed by atoms with E-state index in [1.807, 2.05) is 22.9 Å². The second kappa shape index (κ2) is 6.09. The highest BCUT2D eigenvalue weighted by molar-refractivity contribution is 5.74. The van der Waals surface area contributed by atoms with Gasteiger partial charge in [0.1, 0.15) is 0 Å². The molecule has 1 aromatic rings. The fourth-order valence-electron chi connectivity index (χ4n) is 2.59. The predicted octanol–water partition coefficient (Wildman–Crippen LogP) is 3.28. The van der Waals surface area contributed by atoms with Crippen molar-refractivity contribution < 1.29 is 4.79 Å². The van der Waals surface area contributed by atoms with Crippen molar-refractivity contribution in [3.63, 3.8) is 0 Å².